The van der Waals surface area contributed by atoms with Gasteiger partial charge in [0.15, 0.2) is 6.10 Å². The first-order valence-corrected chi connectivity index (χ1v) is 8.15. The molecule has 4 nitrogen and oxygen atoms in total. The van der Waals surface area contributed by atoms with E-state index in [1.165, 1.54) is 7.11 Å². The van der Waals surface area contributed by atoms with Gasteiger partial charge in [-0.15, -0.1) is 0 Å². The van der Waals surface area contributed by atoms with Gasteiger partial charge in [-0.3, -0.25) is 4.79 Å². The monoisotopic (exact) mass is 322 g/mol. The number of carbonyl (C=O) groups excluding carboxylic acids is 1. The van der Waals surface area contributed by atoms with Crippen LogP contribution in [0, 0.1) is 0 Å². The van der Waals surface area contributed by atoms with Crippen molar-refractivity contribution in [2.24, 2.45) is 0 Å². The molecule has 3 aromatic rings. The summed E-state index contributed by atoms with van der Waals surface area (Å²) in [6.07, 6.45) is 0.251. The standard InChI is InChI=1S/C20H19NO3/c1-24-20(23)18-14(12-7-3-2-4-8-12)11-16(22)17-13-9-5-6-10-15(13)21-19(17)18/h2-10,14,16,18,21-22H,11H2,1H3/p+1. The summed E-state index contributed by atoms with van der Waals surface area (Å²) >= 11 is 0. The third-order valence-electron chi connectivity index (χ3n) is 5.01. The molecule has 3 N–H and O–H groups in total. The predicted octanol–water partition coefficient (Wildman–Crippen LogP) is 3.38. The van der Waals surface area contributed by atoms with E-state index in [2.05, 4.69) is 4.98 Å². The lowest BCUT2D eigenvalue weighted by molar-refractivity contribution is -0.143. The fraction of sp³-hybridized carbons (Fsp3) is 0.250. The number of carbonyl (C=O) groups is 1. The Hall–Kier alpha value is -2.59. The Kier molecular flexibility index (Phi) is 3.62. The molecule has 1 heterocycles. The molecule has 0 spiro atoms. The highest BCUT2D eigenvalue weighted by Gasteiger charge is 2.44. The Morgan fingerprint density at radius 1 is 1.12 bits per heavy atom. The van der Waals surface area contributed by atoms with Gasteiger partial charge >= 0.3 is 5.97 Å². The van der Waals surface area contributed by atoms with Crippen LogP contribution in [-0.2, 0) is 9.53 Å². The van der Waals surface area contributed by atoms with E-state index in [0.717, 1.165) is 27.7 Å². The maximum absolute atomic E-state index is 12.6. The molecule has 0 fully saturated rings. The molecule has 0 amide bonds. The summed E-state index contributed by atoms with van der Waals surface area (Å²) in [7, 11) is 1.43. The van der Waals surface area contributed by atoms with Crippen molar-refractivity contribution in [1.29, 1.82) is 0 Å². The fourth-order valence-corrected chi connectivity index (χ4v) is 3.95. The van der Waals surface area contributed by atoms with Crippen LogP contribution >= 0.6 is 0 Å². The number of H-pyrrole nitrogens is 1. The summed E-state index contributed by atoms with van der Waals surface area (Å²) in [4.78, 5) is 16.0. The van der Waals surface area contributed by atoms with E-state index >= 15 is 0 Å². The summed E-state index contributed by atoms with van der Waals surface area (Å²) in [5.41, 5.74) is 3.83. The van der Waals surface area contributed by atoms with Crippen molar-refractivity contribution < 1.29 is 14.6 Å². The molecule has 0 bridgehead atoms. The van der Waals surface area contributed by atoms with E-state index in [-0.39, 0.29) is 18.0 Å². The molecule has 4 heteroatoms. The second-order valence-corrected chi connectivity index (χ2v) is 6.30. The van der Waals surface area contributed by atoms with Crippen LogP contribution in [0.3, 0.4) is 0 Å². The SMILES string of the molecule is COC(=O)C1c2[nH]c3ccccc3c2C([OH2+])CC1c1ccccc1. The average Bonchev–Trinajstić information content (AvgIpc) is 3.01. The minimum Gasteiger partial charge on any atom is -0.468 e. The zero-order chi connectivity index (χ0) is 16.7. The molecular formula is C20H20NO3+. The first-order valence-electron chi connectivity index (χ1n) is 8.15. The quantitative estimate of drug-likeness (QED) is 0.580. The van der Waals surface area contributed by atoms with Gasteiger partial charge in [0.2, 0.25) is 0 Å². The number of esters is 1. The van der Waals surface area contributed by atoms with Gasteiger partial charge in [0.05, 0.1) is 12.7 Å². The molecule has 0 aliphatic heterocycles. The zero-order valence-corrected chi connectivity index (χ0v) is 13.5. The number of hydrogen-bond acceptors (Lipinski definition) is 2. The van der Waals surface area contributed by atoms with E-state index < -0.39 is 5.92 Å². The number of fused-ring (bicyclic) bond motifs is 3. The number of benzene rings is 2. The largest absolute Gasteiger partial charge is 0.468 e. The van der Waals surface area contributed by atoms with Gasteiger partial charge in [-0.05, 0) is 11.6 Å². The van der Waals surface area contributed by atoms with Crippen LogP contribution in [0.4, 0.5) is 0 Å². The molecule has 0 saturated carbocycles. The molecule has 0 radical (unpaired) electrons. The average molecular weight is 322 g/mol. The number of hydrogen-bond donors (Lipinski definition) is 1. The maximum Gasteiger partial charge on any atom is 0.315 e. The second-order valence-electron chi connectivity index (χ2n) is 6.30. The third kappa shape index (κ3) is 2.22. The molecule has 1 aromatic heterocycles. The Bertz CT molecular complexity index is 884. The topological polar surface area (TPSA) is 65.0 Å². The Morgan fingerprint density at radius 3 is 2.58 bits per heavy atom. The number of para-hydroxylation sites is 1. The number of aromatic amines is 1. The highest BCUT2D eigenvalue weighted by Crippen LogP contribution is 2.49. The van der Waals surface area contributed by atoms with E-state index in [4.69, 9.17) is 9.84 Å². The highest BCUT2D eigenvalue weighted by molar-refractivity contribution is 5.89. The molecular weight excluding hydrogens is 302 g/mol. The zero-order valence-electron chi connectivity index (χ0n) is 13.5. The minimum absolute atomic E-state index is 0.0540. The van der Waals surface area contributed by atoms with Crippen LogP contribution in [0.5, 0.6) is 0 Å². The minimum atomic E-state index is -0.401. The smallest absolute Gasteiger partial charge is 0.315 e. The van der Waals surface area contributed by atoms with Crippen LogP contribution in [0.15, 0.2) is 54.6 Å². The Morgan fingerprint density at radius 2 is 1.83 bits per heavy atom. The Balaban J connectivity index is 1.92. The van der Waals surface area contributed by atoms with Gasteiger partial charge < -0.3 is 14.8 Å². The number of aromatic nitrogens is 1. The number of ether oxygens (including phenoxy) is 1. The van der Waals surface area contributed by atoms with Crippen LogP contribution in [0.25, 0.3) is 10.9 Å². The van der Waals surface area contributed by atoms with Gasteiger partial charge in [0.25, 0.3) is 0 Å². The second kappa shape index (κ2) is 5.80. The normalized spacial score (nSPS) is 23.0. The van der Waals surface area contributed by atoms with Gasteiger partial charge in [-0.25, -0.2) is 0 Å². The van der Waals surface area contributed by atoms with E-state index in [9.17, 15) is 4.79 Å². The lowest BCUT2D eigenvalue weighted by Gasteiger charge is -2.31. The number of nitrogens with one attached hydrogen (secondary N) is 1. The lowest BCUT2D eigenvalue weighted by atomic mass is 9.73. The molecule has 2 aromatic carbocycles. The van der Waals surface area contributed by atoms with Gasteiger partial charge in [0.1, 0.15) is 5.92 Å². The summed E-state index contributed by atoms with van der Waals surface area (Å²) in [5.74, 6) is -0.702. The van der Waals surface area contributed by atoms with Crippen LogP contribution in [-0.4, -0.2) is 23.2 Å². The number of methoxy groups -OCH3 is 1. The van der Waals surface area contributed by atoms with Gasteiger partial charge in [-0.2, -0.15) is 0 Å². The van der Waals surface area contributed by atoms with E-state index in [0.29, 0.717) is 6.42 Å². The summed E-state index contributed by atoms with van der Waals surface area (Å²) < 4.78 is 5.11. The van der Waals surface area contributed by atoms with Gasteiger partial charge in [-0.1, -0.05) is 48.5 Å². The molecule has 122 valence electrons. The maximum atomic E-state index is 12.6. The van der Waals surface area contributed by atoms with Crippen LogP contribution < -0.4 is 0 Å². The first kappa shape index (κ1) is 15.0. The lowest BCUT2D eigenvalue weighted by Crippen LogP contribution is -2.29. The van der Waals surface area contributed by atoms with Gasteiger partial charge in [0, 0.05) is 28.9 Å². The van der Waals surface area contributed by atoms with E-state index in [1.807, 2.05) is 54.6 Å². The summed E-state index contributed by atoms with van der Waals surface area (Å²) in [6.45, 7) is 0. The molecule has 3 unspecified atom stereocenters. The molecule has 4 rings (SSSR count). The highest BCUT2D eigenvalue weighted by atomic mass is 16.5. The van der Waals surface area contributed by atoms with Crippen molar-refractivity contribution in [2.75, 3.05) is 7.11 Å². The molecule has 1 aliphatic rings. The van der Waals surface area contributed by atoms with Crippen LogP contribution in [0.2, 0.25) is 0 Å². The predicted molar refractivity (Wildman–Crippen MR) is 93.2 cm³/mol. The molecule has 1 aliphatic carbocycles. The van der Waals surface area contributed by atoms with E-state index in [1.54, 1.807) is 0 Å². The van der Waals surface area contributed by atoms with Crippen molar-refractivity contribution in [3.63, 3.8) is 0 Å². The first-order chi connectivity index (χ1) is 11.7. The van der Waals surface area contributed by atoms with Crippen molar-refractivity contribution in [1.82, 2.24) is 4.98 Å². The van der Waals surface area contributed by atoms with Crippen molar-refractivity contribution >= 4 is 16.9 Å². The van der Waals surface area contributed by atoms with Crippen molar-refractivity contribution in [2.45, 2.75) is 24.4 Å². The summed E-state index contributed by atoms with van der Waals surface area (Å²) in [6, 6.07) is 17.9. The van der Waals surface area contributed by atoms with Crippen LogP contribution in [0.1, 0.15) is 41.2 Å². The molecule has 24 heavy (non-hydrogen) atoms. The number of rotatable bonds is 2. The third-order valence-corrected chi connectivity index (χ3v) is 5.01. The Labute approximate surface area is 140 Å². The fourth-order valence-electron chi connectivity index (χ4n) is 3.95. The van der Waals surface area contributed by atoms with Crippen molar-refractivity contribution in [3.8, 4) is 0 Å². The van der Waals surface area contributed by atoms with Crippen molar-refractivity contribution in [3.05, 3.63) is 71.4 Å². The summed E-state index contributed by atoms with van der Waals surface area (Å²) in [5, 5.41) is 9.68. The molecule has 0 saturated heterocycles. The molecule has 3 atom stereocenters.